The zero-order chi connectivity index (χ0) is 16.2. The largest absolute Gasteiger partial charge is 0.484 e. The van der Waals surface area contributed by atoms with Gasteiger partial charge in [0.2, 0.25) is 5.13 Å². The summed E-state index contributed by atoms with van der Waals surface area (Å²) in [7, 11) is 0. The summed E-state index contributed by atoms with van der Waals surface area (Å²) >= 11 is 7.17. The first-order chi connectivity index (χ1) is 10.4. The molecule has 2 aromatic rings. The Morgan fingerprint density at radius 2 is 2.00 bits per heavy atom. The van der Waals surface area contributed by atoms with Gasteiger partial charge in [0, 0.05) is 10.4 Å². The molecule has 1 amide bonds. The topological polar surface area (TPSA) is 64.1 Å². The van der Waals surface area contributed by atoms with E-state index in [1.54, 1.807) is 24.3 Å². The van der Waals surface area contributed by atoms with Gasteiger partial charge in [0.05, 0.1) is 0 Å². The van der Waals surface area contributed by atoms with E-state index in [9.17, 15) is 4.79 Å². The van der Waals surface area contributed by atoms with Crippen LogP contribution in [0.15, 0.2) is 24.3 Å². The van der Waals surface area contributed by atoms with Gasteiger partial charge in [-0.05, 0) is 30.7 Å². The zero-order valence-corrected chi connectivity index (χ0v) is 14.3. The number of benzene rings is 1. The fourth-order valence-electron chi connectivity index (χ4n) is 1.53. The molecular weight excluding hydrogens is 322 g/mol. The summed E-state index contributed by atoms with van der Waals surface area (Å²) in [6.07, 6.45) is 0.954. The van der Waals surface area contributed by atoms with Crippen molar-refractivity contribution >= 4 is 34.0 Å². The van der Waals surface area contributed by atoms with Crippen molar-refractivity contribution in [3.05, 3.63) is 34.3 Å². The first-order valence-electron chi connectivity index (χ1n) is 6.93. The molecule has 0 radical (unpaired) electrons. The standard InChI is InChI=1S/C15H18ClN3O2S/c1-4-15(2,3)13-18-19-14(22-13)17-12(20)9-21-11-7-5-10(16)6-8-11/h5-8H,4,9H2,1-3H3,(H,17,19,20). The Kier molecular flexibility index (Phi) is 5.37. The van der Waals surface area contributed by atoms with E-state index in [4.69, 9.17) is 16.3 Å². The Hall–Kier alpha value is -1.66. The molecule has 0 unspecified atom stereocenters. The van der Waals surface area contributed by atoms with E-state index in [1.165, 1.54) is 11.3 Å². The number of carbonyl (C=O) groups is 1. The zero-order valence-electron chi connectivity index (χ0n) is 12.7. The molecule has 0 fully saturated rings. The lowest BCUT2D eigenvalue weighted by atomic mass is 9.91. The van der Waals surface area contributed by atoms with Crippen LogP contribution in [-0.2, 0) is 10.2 Å². The fraction of sp³-hybridized carbons (Fsp3) is 0.400. The van der Waals surface area contributed by atoms with Crippen LogP contribution in [0.25, 0.3) is 0 Å². The van der Waals surface area contributed by atoms with Crippen molar-refractivity contribution in [1.29, 1.82) is 0 Å². The third-order valence-corrected chi connectivity index (χ3v) is 4.77. The van der Waals surface area contributed by atoms with Gasteiger partial charge in [-0.3, -0.25) is 10.1 Å². The highest BCUT2D eigenvalue weighted by Crippen LogP contribution is 2.30. The molecule has 1 aromatic heterocycles. The van der Waals surface area contributed by atoms with Crippen molar-refractivity contribution in [2.75, 3.05) is 11.9 Å². The van der Waals surface area contributed by atoms with Crippen LogP contribution in [0.1, 0.15) is 32.2 Å². The number of anilines is 1. The Bertz CT molecular complexity index is 640. The van der Waals surface area contributed by atoms with Gasteiger partial charge in [-0.1, -0.05) is 43.7 Å². The van der Waals surface area contributed by atoms with E-state index < -0.39 is 0 Å². The molecule has 5 nitrogen and oxygen atoms in total. The number of aromatic nitrogens is 2. The minimum atomic E-state index is -0.271. The van der Waals surface area contributed by atoms with Crippen molar-refractivity contribution in [2.45, 2.75) is 32.6 Å². The minimum absolute atomic E-state index is 0.0412. The molecule has 1 aromatic carbocycles. The summed E-state index contributed by atoms with van der Waals surface area (Å²) in [5.41, 5.74) is -0.0412. The molecule has 0 saturated carbocycles. The van der Waals surface area contributed by atoms with Gasteiger partial charge in [-0.25, -0.2) is 0 Å². The van der Waals surface area contributed by atoms with Gasteiger partial charge >= 0.3 is 0 Å². The summed E-state index contributed by atoms with van der Waals surface area (Å²) < 4.78 is 5.38. The maximum Gasteiger partial charge on any atom is 0.264 e. The van der Waals surface area contributed by atoms with Crippen LogP contribution in [0, 0.1) is 0 Å². The average Bonchev–Trinajstić information content (AvgIpc) is 2.96. The van der Waals surface area contributed by atoms with Crippen LogP contribution in [0.2, 0.25) is 5.02 Å². The second kappa shape index (κ2) is 7.07. The van der Waals surface area contributed by atoms with Gasteiger partial charge in [0.15, 0.2) is 6.61 Å². The van der Waals surface area contributed by atoms with Gasteiger partial charge in [0.25, 0.3) is 5.91 Å². The second-order valence-corrected chi connectivity index (χ2v) is 6.85. The number of hydrogen-bond acceptors (Lipinski definition) is 5. The van der Waals surface area contributed by atoms with E-state index in [2.05, 4.69) is 36.3 Å². The molecule has 0 bridgehead atoms. The number of rotatable bonds is 6. The molecule has 7 heteroatoms. The van der Waals surface area contributed by atoms with Crippen molar-refractivity contribution in [1.82, 2.24) is 10.2 Å². The van der Waals surface area contributed by atoms with Crippen LogP contribution in [0.3, 0.4) is 0 Å². The number of halogens is 1. The van der Waals surface area contributed by atoms with Crippen LogP contribution in [-0.4, -0.2) is 22.7 Å². The number of nitrogens with zero attached hydrogens (tertiary/aromatic N) is 2. The van der Waals surface area contributed by atoms with E-state index in [-0.39, 0.29) is 17.9 Å². The molecule has 0 saturated heterocycles. The highest BCUT2D eigenvalue weighted by Gasteiger charge is 2.23. The molecule has 118 valence electrons. The second-order valence-electron chi connectivity index (χ2n) is 5.44. The molecule has 2 rings (SSSR count). The number of hydrogen-bond donors (Lipinski definition) is 1. The van der Waals surface area contributed by atoms with Crippen molar-refractivity contribution in [2.24, 2.45) is 0 Å². The van der Waals surface area contributed by atoms with Gasteiger partial charge < -0.3 is 4.74 Å². The van der Waals surface area contributed by atoms with Crippen molar-refractivity contribution in [3.63, 3.8) is 0 Å². The highest BCUT2D eigenvalue weighted by molar-refractivity contribution is 7.15. The number of carbonyl (C=O) groups excluding carboxylic acids is 1. The molecule has 22 heavy (non-hydrogen) atoms. The Balaban J connectivity index is 1.88. The summed E-state index contributed by atoms with van der Waals surface area (Å²) in [5, 5.41) is 12.8. The lowest BCUT2D eigenvalue weighted by Gasteiger charge is -2.17. The van der Waals surface area contributed by atoms with Crippen molar-refractivity contribution in [3.8, 4) is 5.75 Å². The predicted molar refractivity (Wildman–Crippen MR) is 88.8 cm³/mol. The van der Waals surface area contributed by atoms with Crippen LogP contribution >= 0.6 is 22.9 Å². The quantitative estimate of drug-likeness (QED) is 0.867. The Morgan fingerprint density at radius 3 is 2.64 bits per heavy atom. The lowest BCUT2D eigenvalue weighted by Crippen LogP contribution is -2.20. The minimum Gasteiger partial charge on any atom is -0.484 e. The maximum atomic E-state index is 11.9. The SMILES string of the molecule is CCC(C)(C)c1nnc(NC(=O)COc2ccc(Cl)cc2)s1. The lowest BCUT2D eigenvalue weighted by molar-refractivity contribution is -0.118. The van der Waals surface area contributed by atoms with E-state index in [0.29, 0.717) is 15.9 Å². The molecule has 0 atom stereocenters. The summed E-state index contributed by atoms with van der Waals surface area (Å²) in [4.78, 5) is 11.9. The van der Waals surface area contributed by atoms with E-state index in [1.807, 2.05) is 0 Å². The van der Waals surface area contributed by atoms with E-state index in [0.717, 1.165) is 11.4 Å². The first kappa shape index (κ1) is 16.7. The summed E-state index contributed by atoms with van der Waals surface area (Å²) in [5.74, 6) is 0.316. The third-order valence-electron chi connectivity index (χ3n) is 3.32. The first-order valence-corrected chi connectivity index (χ1v) is 8.12. The Labute approximate surface area is 138 Å². The smallest absolute Gasteiger partial charge is 0.264 e. The molecule has 1 heterocycles. The molecule has 0 aliphatic rings. The van der Waals surface area contributed by atoms with Crippen LogP contribution < -0.4 is 10.1 Å². The van der Waals surface area contributed by atoms with Crippen LogP contribution in [0.5, 0.6) is 5.75 Å². The number of nitrogens with one attached hydrogen (secondary N) is 1. The summed E-state index contributed by atoms with van der Waals surface area (Å²) in [6.45, 7) is 6.21. The van der Waals surface area contributed by atoms with Crippen LogP contribution in [0.4, 0.5) is 5.13 Å². The summed E-state index contributed by atoms with van der Waals surface area (Å²) in [6, 6.07) is 6.84. The Morgan fingerprint density at radius 1 is 1.32 bits per heavy atom. The predicted octanol–water partition coefficient (Wildman–Crippen LogP) is 3.90. The number of amides is 1. The highest BCUT2D eigenvalue weighted by atomic mass is 35.5. The molecule has 1 N–H and O–H groups in total. The van der Waals surface area contributed by atoms with Gasteiger partial charge in [-0.2, -0.15) is 0 Å². The third kappa shape index (κ3) is 4.42. The van der Waals surface area contributed by atoms with E-state index >= 15 is 0 Å². The average molecular weight is 340 g/mol. The molecule has 0 aliphatic carbocycles. The van der Waals surface area contributed by atoms with Crippen molar-refractivity contribution < 1.29 is 9.53 Å². The molecule has 0 spiro atoms. The van der Waals surface area contributed by atoms with Gasteiger partial charge in [0.1, 0.15) is 10.8 Å². The maximum absolute atomic E-state index is 11.9. The molecule has 0 aliphatic heterocycles. The monoisotopic (exact) mass is 339 g/mol. The normalized spacial score (nSPS) is 11.3. The van der Waals surface area contributed by atoms with Gasteiger partial charge in [-0.15, -0.1) is 10.2 Å². The molecular formula is C15H18ClN3O2S. The number of ether oxygens (including phenoxy) is 1. The fourth-order valence-corrected chi connectivity index (χ4v) is 2.59.